The van der Waals surface area contributed by atoms with E-state index in [0.717, 1.165) is 11.8 Å². The topological polar surface area (TPSA) is 40.6 Å². The highest BCUT2D eigenvalue weighted by molar-refractivity contribution is 6.30. The Kier molecular flexibility index (Phi) is 3.50. The molecule has 4 saturated carbocycles. The van der Waals surface area contributed by atoms with Crippen LogP contribution in [0.25, 0.3) is 0 Å². The van der Waals surface area contributed by atoms with Gasteiger partial charge in [0.15, 0.2) is 0 Å². The first-order valence-electron chi connectivity index (χ1n) is 9.80. The molecule has 0 radical (unpaired) electrons. The molecule has 5 heteroatoms. The number of benzene rings is 1. The second-order valence-corrected chi connectivity index (χ2v) is 9.69. The van der Waals surface area contributed by atoms with E-state index in [1.807, 2.05) is 18.9 Å². The molecule has 1 aromatic carbocycles. The lowest BCUT2D eigenvalue weighted by molar-refractivity contribution is -0.230. The van der Waals surface area contributed by atoms with Gasteiger partial charge in [0.2, 0.25) is 0 Å². The molecule has 1 aliphatic heterocycles. The van der Waals surface area contributed by atoms with Gasteiger partial charge in [0.1, 0.15) is 5.54 Å². The summed E-state index contributed by atoms with van der Waals surface area (Å²) in [6, 6.07) is 7.17. The van der Waals surface area contributed by atoms with Gasteiger partial charge in [-0.05, 0) is 93.9 Å². The quantitative estimate of drug-likeness (QED) is 0.782. The molecule has 1 aromatic rings. The normalized spacial score (nSPS) is 37.0. The van der Waals surface area contributed by atoms with E-state index in [0.29, 0.717) is 22.4 Å². The fourth-order valence-corrected chi connectivity index (χ4v) is 6.44. The summed E-state index contributed by atoms with van der Waals surface area (Å²) in [6.45, 7) is 3.71. The van der Waals surface area contributed by atoms with Crippen LogP contribution in [0.2, 0.25) is 5.02 Å². The van der Waals surface area contributed by atoms with Crippen molar-refractivity contribution in [2.24, 2.45) is 23.7 Å². The number of nitrogens with zero attached hydrogens (tertiary/aromatic N) is 2. The van der Waals surface area contributed by atoms with E-state index in [-0.39, 0.29) is 17.9 Å². The van der Waals surface area contributed by atoms with Crippen LogP contribution in [0.3, 0.4) is 0 Å². The number of halogens is 1. The van der Waals surface area contributed by atoms with E-state index < -0.39 is 5.54 Å². The number of carbonyl (C=O) groups is 2. The van der Waals surface area contributed by atoms with Gasteiger partial charge in [-0.25, -0.2) is 10.0 Å². The summed E-state index contributed by atoms with van der Waals surface area (Å²) < 4.78 is 0. The zero-order valence-electron chi connectivity index (χ0n) is 15.3. The predicted octanol–water partition coefficient (Wildman–Crippen LogP) is 4.14. The molecule has 5 aliphatic rings. The highest BCUT2D eigenvalue weighted by Gasteiger charge is 2.62. The Morgan fingerprint density at radius 1 is 1.00 bits per heavy atom. The Hall–Kier alpha value is -1.55. The van der Waals surface area contributed by atoms with Crippen LogP contribution < -0.4 is 0 Å². The van der Waals surface area contributed by atoms with Gasteiger partial charge in [-0.15, -0.1) is 0 Å². The van der Waals surface area contributed by atoms with Crippen molar-refractivity contribution in [1.29, 1.82) is 0 Å². The van der Waals surface area contributed by atoms with Crippen molar-refractivity contribution >= 4 is 23.4 Å². The van der Waals surface area contributed by atoms with Crippen molar-refractivity contribution in [1.82, 2.24) is 10.0 Å². The third-order valence-corrected chi connectivity index (χ3v) is 7.47. The lowest BCUT2D eigenvalue weighted by Gasteiger charge is -2.65. The molecule has 0 unspecified atom stereocenters. The second-order valence-electron chi connectivity index (χ2n) is 9.25. The van der Waals surface area contributed by atoms with Gasteiger partial charge in [0.05, 0.1) is 6.04 Å². The molecule has 4 nitrogen and oxygen atoms in total. The summed E-state index contributed by atoms with van der Waals surface area (Å²) >= 11 is 5.97. The van der Waals surface area contributed by atoms with Crippen LogP contribution in [-0.2, 0) is 4.79 Å². The molecule has 26 heavy (non-hydrogen) atoms. The van der Waals surface area contributed by atoms with Gasteiger partial charge in [-0.1, -0.05) is 11.6 Å². The zero-order valence-corrected chi connectivity index (χ0v) is 16.1. The van der Waals surface area contributed by atoms with Crippen molar-refractivity contribution in [3.05, 3.63) is 34.9 Å². The molecule has 6 rings (SSSR count). The van der Waals surface area contributed by atoms with Gasteiger partial charge in [-0.3, -0.25) is 9.59 Å². The molecular formula is C21H25ClN2O2. The van der Waals surface area contributed by atoms with Crippen molar-refractivity contribution in [2.75, 3.05) is 0 Å². The Morgan fingerprint density at radius 2 is 1.54 bits per heavy atom. The van der Waals surface area contributed by atoms with Crippen molar-refractivity contribution < 1.29 is 9.59 Å². The highest BCUT2D eigenvalue weighted by atomic mass is 35.5. The minimum Gasteiger partial charge on any atom is -0.270 e. The number of rotatable bonds is 2. The van der Waals surface area contributed by atoms with Crippen LogP contribution in [0.5, 0.6) is 0 Å². The first-order valence-corrected chi connectivity index (χ1v) is 10.2. The summed E-state index contributed by atoms with van der Waals surface area (Å²) in [6.07, 6.45) is 6.29. The summed E-state index contributed by atoms with van der Waals surface area (Å²) in [4.78, 5) is 26.3. The SMILES string of the molecule is CC1(C)C(=O)N(C2C3CC4CC(C3)CC2C4)N1C(=O)c1ccc(Cl)cc1. The third-order valence-electron chi connectivity index (χ3n) is 7.22. The Bertz CT molecular complexity index is 745. The van der Waals surface area contributed by atoms with Crippen LogP contribution in [-0.4, -0.2) is 33.4 Å². The van der Waals surface area contributed by atoms with Crippen LogP contribution in [0.1, 0.15) is 56.3 Å². The molecule has 2 amide bonds. The summed E-state index contributed by atoms with van der Waals surface area (Å²) in [5.41, 5.74) is -0.186. The largest absolute Gasteiger partial charge is 0.273 e. The van der Waals surface area contributed by atoms with Crippen LogP contribution in [0, 0.1) is 23.7 Å². The molecule has 0 spiro atoms. The Balaban J connectivity index is 1.47. The van der Waals surface area contributed by atoms with E-state index >= 15 is 0 Å². The predicted molar refractivity (Wildman–Crippen MR) is 99.4 cm³/mol. The summed E-state index contributed by atoms with van der Waals surface area (Å²) in [5, 5.41) is 4.17. The van der Waals surface area contributed by atoms with Gasteiger partial charge in [0, 0.05) is 10.6 Å². The lowest BCUT2D eigenvalue weighted by atomic mass is 9.53. The first kappa shape index (κ1) is 16.6. The molecule has 1 saturated heterocycles. The number of amides is 2. The van der Waals surface area contributed by atoms with Gasteiger partial charge < -0.3 is 0 Å². The molecule has 138 valence electrons. The maximum atomic E-state index is 13.2. The smallest absolute Gasteiger partial charge is 0.270 e. The molecular weight excluding hydrogens is 348 g/mol. The molecule has 0 aromatic heterocycles. The molecule has 5 fully saturated rings. The van der Waals surface area contributed by atoms with Crippen molar-refractivity contribution in [2.45, 2.75) is 57.5 Å². The van der Waals surface area contributed by atoms with Crippen LogP contribution >= 0.6 is 11.6 Å². The zero-order chi connectivity index (χ0) is 18.2. The van der Waals surface area contributed by atoms with Gasteiger partial charge in [0.25, 0.3) is 11.8 Å². The highest BCUT2D eigenvalue weighted by Crippen LogP contribution is 2.57. The third kappa shape index (κ3) is 2.20. The molecule has 0 N–H and O–H groups in total. The molecule has 4 bridgehead atoms. The number of hydrogen-bond acceptors (Lipinski definition) is 2. The average molecular weight is 373 g/mol. The number of hydrogen-bond donors (Lipinski definition) is 0. The fraction of sp³-hybridized carbons (Fsp3) is 0.619. The molecule has 0 atom stereocenters. The van der Waals surface area contributed by atoms with Crippen molar-refractivity contribution in [3.63, 3.8) is 0 Å². The number of carbonyl (C=O) groups excluding carboxylic acids is 2. The standard InChI is InChI=1S/C21H25ClN2O2/c1-21(2)20(26)23(24(21)19(25)14-3-5-17(22)6-4-14)18-15-8-12-7-13(10-15)11-16(18)9-12/h3-6,12-13,15-16,18H,7-11H2,1-2H3. The maximum absolute atomic E-state index is 13.2. The average Bonchev–Trinajstić information content (AvgIpc) is 2.59. The van der Waals surface area contributed by atoms with E-state index in [9.17, 15) is 9.59 Å². The van der Waals surface area contributed by atoms with Gasteiger partial charge in [-0.2, -0.15) is 0 Å². The molecule has 1 heterocycles. The second kappa shape index (κ2) is 5.48. The van der Waals surface area contributed by atoms with Crippen molar-refractivity contribution in [3.8, 4) is 0 Å². The van der Waals surface area contributed by atoms with E-state index in [1.165, 1.54) is 32.1 Å². The Morgan fingerprint density at radius 3 is 2.08 bits per heavy atom. The minimum atomic E-state index is -0.772. The Labute approximate surface area is 159 Å². The first-order chi connectivity index (χ1) is 12.4. The minimum absolute atomic E-state index is 0.0947. The van der Waals surface area contributed by atoms with Crippen LogP contribution in [0.15, 0.2) is 24.3 Å². The van der Waals surface area contributed by atoms with E-state index in [4.69, 9.17) is 11.6 Å². The van der Waals surface area contributed by atoms with Crippen LogP contribution in [0.4, 0.5) is 0 Å². The van der Waals surface area contributed by atoms with E-state index in [1.54, 1.807) is 29.3 Å². The van der Waals surface area contributed by atoms with Gasteiger partial charge >= 0.3 is 0 Å². The lowest BCUT2D eigenvalue weighted by Crippen LogP contribution is -2.80. The number of hydrazine groups is 1. The molecule has 4 aliphatic carbocycles. The summed E-state index contributed by atoms with van der Waals surface area (Å²) in [5.74, 6) is 2.81. The summed E-state index contributed by atoms with van der Waals surface area (Å²) in [7, 11) is 0. The fourth-order valence-electron chi connectivity index (χ4n) is 6.32. The maximum Gasteiger partial charge on any atom is 0.273 e. The monoisotopic (exact) mass is 372 g/mol. The van der Waals surface area contributed by atoms with E-state index in [2.05, 4.69) is 0 Å².